The predicted octanol–water partition coefficient (Wildman–Crippen LogP) is 5.69. The molecule has 3 rings (SSSR count). The Hall–Kier alpha value is -3.32. The Balaban J connectivity index is 1.86. The first-order chi connectivity index (χ1) is 14.0. The second-order valence-electron chi connectivity index (χ2n) is 6.11. The SMILES string of the molecule is CCOc1cc(/C=C/c2onc(C)c2[N+](=O)[O-])cc(Cl)c1OCc1ccccc1. The number of nitrogens with zero attached hydrogens (tertiary/aromatic N) is 2. The normalized spacial score (nSPS) is 11.0. The largest absolute Gasteiger partial charge is 0.490 e. The molecule has 1 heterocycles. The molecule has 0 spiro atoms. The zero-order valence-electron chi connectivity index (χ0n) is 15.9. The predicted molar refractivity (Wildman–Crippen MR) is 110 cm³/mol. The van der Waals surface area contributed by atoms with E-state index in [-0.39, 0.29) is 17.1 Å². The third kappa shape index (κ3) is 4.94. The number of hydrogen-bond acceptors (Lipinski definition) is 6. The van der Waals surface area contributed by atoms with Gasteiger partial charge in [-0.3, -0.25) is 10.1 Å². The number of ether oxygens (including phenoxy) is 2. The van der Waals surface area contributed by atoms with Gasteiger partial charge < -0.3 is 14.0 Å². The fourth-order valence-corrected chi connectivity index (χ4v) is 2.98. The summed E-state index contributed by atoms with van der Waals surface area (Å²) in [5, 5.41) is 15.2. The molecule has 0 aliphatic heterocycles. The van der Waals surface area contributed by atoms with E-state index in [4.69, 9.17) is 25.6 Å². The molecule has 0 aliphatic rings. The summed E-state index contributed by atoms with van der Waals surface area (Å²) in [5.74, 6) is 0.987. The highest BCUT2D eigenvalue weighted by Crippen LogP contribution is 2.38. The number of nitro groups is 1. The second kappa shape index (κ2) is 9.25. The molecular formula is C21H19ClN2O5. The molecule has 7 nitrogen and oxygen atoms in total. The van der Waals surface area contributed by atoms with Crippen molar-refractivity contribution in [1.82, 2.24) is 5.16 Å². The van der Waals surface area contributed by atoms with Crippen molar-refractivity contribution in [2.75, 3.05) is 6.61 Å². The van der Waals surface area contributed by atoms with Crippen LogP contribution in [0.3, 0.4) is 0 Å². The summed E-state index contributed by atoms with van der Waals surface area (Å²) in [6.07, 6.45) is 3.12. The number of aryl methyl sites for hydroxylation is 1. The topological polar surface area (TPSA) is 87.6 Å². The van der Waals surface area contributed by atoms with Crippen LogP contribution in [0.5, 0.6) is 11.5 Å². The summed E-state index contributed by atoms with van der Waals surface area (Å²) in [6, 6.07) is 13.2. The van der Waals surface area contributed by atoms with Crippen LogP contribution < -0.4 is 9.47 Å². The van der Waals surface area contributed by atoms with Gasteiger partial charge in [0.05, 0.1) is 16.6 Å². The molecule has 3 aromatic rings. The maximum absolute atomic E-state index is 11.2. The van der Waals surface area contributed by atoms with Crippen molar-refractivity contribution in [2.24, 2.45) is 0 Å². The highest BCUT2D eigenvalue weighted by Gasteiger charge is 2.22. The highest BCUT2D eigenvalue weighted by atomic mass is 35.5. The lowest BCUT2D eigenvalue weighted by Gasteiger charge is -2.14. The Morgan fingerprint density at radius 3 is 2.66 bits per heavy atom. The number of rotatable bonds is 8. The average Bonchev–Trinajstić information content (AvgIpc) is 3.07. The second-order valence-corrected chi connectivity index (χ2v) is 6.52. The van der Waals surface area contributed by atoms with Gasteiger partial charge in [0.2, 0.25) is 5.76 Å². The van der Waals surface area contributed by atoms with Crippen LogP contribution in [0.1, 0.15) is 29.5 Å². The van der Waals surface area contributed by atoms with E-state index in [9.17, 15) is 10.1 Å². The molecular weight excluding hydrogens is 396 g/mol. The monoisotopic (exact) mass is 414 g/mol. The van der Waals surface area contributed by atoms with Crippen LogP contribution in [-0.2, 0) is 6.61 Å². The molecule has 0 saturated carbocycles. The first-order valence-electron chi connectivity index (χ1n) is 8.91. The third-order valence-corrected chi connectivity index (χ3v) is 4.31. The number of halogens is 1. The van der Waals surface area contributed by atoms with Gasteiger partial charge in [0.25, 0.3) is 0 Å². The number of benzene rings is 2. The molecule has 8 heteroatoms. The molecule has 29 heavy (non-hydrogen) atoms. The lowest BCUT2D eigenvalue weighted by molar-refractivity contribution is -0.386. The van der Waals surface area contributed by atoms with Crippen molar-refractivity contribution >= 4 is 29.4 Å². The number of aromatic nitrogens is 1. The molecule has 0 saturated heterocycles. The maximum Gasteiger partial charge on any atom is 0.338 e. The van der Waals surface area contributed by atoms with Crippen molar-refractivity contribution in [2.45, 2.75) is 20.5 Å². The Kier molecular flexibility index (Phi) is 6.51. The molecule has 0 fully saturated rings. The molecule has 0 radical (unpaired) electrons. The Labute approximate surface area is 172 Å². The van der Waals surface area contributed by atoms with Gasteiger partial charge >= 0.3 is 5.69 Å². The Bertz CT molecular complexity index is 1030. The summed E-state index contributed by atoms with van der Waals surface area (Å²) < 4.78 is 16.6. The maximum atomic E-state index is 11.2. The first-order valence-corrected chi connectivity index (χ1v) is 9.29. The van der Waals surface area contributed by atoms with E-state index in [0.29, 0.717) is 35.3 Å². The summed E-state index contributed by atoms with van der Waals surface area (Å²) >= 11 is 6.42. The lowest BCUT2D eigenvalue weighted by atomic mass is 10.1. The van der Waals surface area contributed by atoms with Crippen molar-refractivity contribution in [3.05, 3.63) is 80.2 Å². The van der Waals surface area contributed by atoms with Gasteiger partial charge in [-0.25, -0.2) is 0 Å². The van der Waals surface area contributed by atoms with E-state index in [2.05, 4.69) is 5.16 Å². The molecule has 0 aliphatic carbocycles. The van der Waals surface area contributed by atoms with Crippen LogP contribution in [-0.4, -0.2) is 16.7 Å². The molecule has 150 valence electrons. The zero-order valence-corrected chi connectivity index (χ0v) is 16.7. The van der Waals surface area contributed by atoms with E-state index in [1.807, 2.05) is 37.3 Å². The molecule has 0 atom stereocenters. The summed E-state index contributed by atoms with van der Waals surface area (Å²) in [7, 11) is 0. The van der Waals surface area contributed by atoms with E-state index < -0.39 is 4.92 Å². The van der Waals surface area contributed by atoms with Crippen LogP contribution in [0.25, 0.3) is 12.2 Å². The van der Waals surface area contributed by atoms with E-state index in [0.717, 1.165) is 5.56 Å². The molecule has 0 bridgehead atoms. The minimum Gasteiger partial charge on any atom is -0.490 e. The third-order valence-electron chi connectivity index (χ3n) is 4.02. The first kappa shape index (κ1) is 20.4. The van der Waals surface area contributed by atoms with Gasteiger partial charge in [-0.1, -0.05) is 53.2 Å². The minimum absolute atomic E-state index is 0.0611. The summed E-state index contributed by atoms with van der Waals surface area (Å²) in [5.41, 5.74) is 1.73. The summed E-state index contributed by atoms with van der Waals surface area (Å²) in [4.78, 5) is 10.6. The highest BCUT2D eigenvalue weighted by molar-refractivity contribution is 6.32. The molecule has 1 aromatic heterocycles. The van der Waals surface area contributed by atoms with Gasteiger partial charge in [0, 0.05) is 0 Å². The number of hydrogen-bond donors (Lipinski definition) is 0. The van der Waals surface area contributed by atoms with Crippen molar-refractivity contribution < 1.29 is 18.9 Å². The smallest absolute Gasteiger partial charge is 0.338 e. The fraction of sp³-hybridized carbons (Fsp3) is 0.190. The van der Waals surface area contributed by atoms with Crippen LogP contribution in [0.2, 0.25) is 5.02 Å². The molecule has 2 aromatic carbocycles. The van der Waals surface area contributed by atoms with Crippen molar-refractivity contribution in [1.29, 1.82) is 0 Å². The van der Waals surface area contributed by atoms with Crippen LogP contribution in [0.15, 0.2) is 47.0 Å². The van der Waals surface area contributed by atoms with Gasteiger partial charge in [-0.05, 0) is 43.2 Å². The molecule has 0 unspecified atom stereocenters. The molecule has 0 N–H and O–H groups in total. The van der Waals surface area contributed by atoms with E-state index in [1.54, 1.807) is 18.2 Å². The average molecular weight is 415 g/mol. The quantitative estimate of drug-likeness (QED) is 0.347. The minimum atomic E-state index is -0.523. The van der Waals surface area contributed by atoms with Gasteiger partial charge in [-0.2, -0.15) is 0 Å². The Morgan fingerprint density at radius 2 is 1.97 bits per heavy atom. The van der Waals surface area contributed by atoms with Crippen LogP contribution >= 0.6 is 11.6 Å². The van der Waals surface area contributed by atoms with Crippen molar-refractivity contribution in [3.8, 4) is 11.5 Å². The van der Waals surface area contributed by atoms with Gasteiger partial charge in [0.15, 0.2) is 17.2 Å². The van der Waals surface area contributed by atoms with Crippen molar-refractivity contribution in [3.63, 3.8) is 0 Å². The summed E-state index contributed by atoms with van der Waals surface area (Å²) in [6.45, 7) is 4.15. The van der Waals surface area contributed by atoms with E-state index in [1.165, 1.54) is 13.0 Å². The lowest BCUT2D eigenvalue weighted by Crippen LogP contribution is -2.00. The van der Waals surface area contributed by atoms with Gasteiger partial charge in [0.1, 0.15) is 6.61 Å². The zero-order chi connectivity index (χ0) is 20.8. The van der Waals surface area contributed by atoms with E-state index >= 15 is 0 Å². The van der Waals surface area contributed by atoms with Crippen LogP contribution in [0, 0.1) is 17.0 Å². The standard InChI is InChI=1S/C21H19ClN2O5/c1-3-27-19-12-16(9-10-18-20(24(25)26)14(2)23-29-18)11-17(22)21(19)28-13-15-7-5-4-6-8-15/h4-12H,3,13H2,1-2H3/b10-9+. The Morgan fingerprint density at radius 1 is 1.21 bits per heavy atom. The fourth-order valence-electron chi connectivity index (χ4n) is 2.70. The van der Waals surface area contributed by atoms with Crippen LogP contribution in [0.4, 0.5) is 5.69 Å². The molecule has 0 amide bonds. The van der Waals surface area contributed by atoms with Gasteiger partial charge in [-0.15, -0.1) is 0 Å².